The molecule has 0 aliphatic heterocycles. The maximum absolute atomic E-state index is 9.98. The van der Waals surface area contributed by atoms with E-state index in [2.05, 4.69) is 17.3 Å². The fraction of sp³-hybridized carbons (Fsp3) is 0.800. The first-order valence-electron chi connectivity index (χ1n) is 7.72. The molecule has 1 aromatic rings. The zero-order valence-corrected chi connectivity index (χ0v) is 12.6. The van der Waals surface area contributed by atoms with Crippen molar-refractivity contribution in [2.24, 2.45) is 13.0 Å². The largest absolute Gasteiger partial charge is 0.389 e. The lowest BCUT2D eigenvalue weighted by Gasteiger charge is -2.31. The molecule has 3 unspecified atom stereocenters. The molecule has 1 aliphatic rings. The molecule has 2 rings (SSSR count). The molecule has 1 aromatic heterocycles. The molecule has 0 bridgehead atoms. The molecule has 0 saturated heterocycles. The minimum Gasteiger partial charge on any atom is -0.389 e. The second-order valence-electron chi connectivity index (χ2n) is 5.73. The van der Waals surface area contributed by atoms with Gasteiger partial charge in [0.25, 0.3) is 0 Å². The van der Waals surface area contributed by atoms with Gasteiger partial charge >= 0.3 is 0 Å². The van der Waals surface area contributed by atoms with Crippen LogP contribution in [0.2, 0.25) is 0 Å². The molecule has 1 aliphatic carbocycles. The number of nitrogens with zero attached hydrogens (tertiary/aromatic N) is 2. The van der Waals surface area contributed by atoms with Crippen molar-refractivity contribution in [2.75, 3.05) is 18.5 Å². The Labute approximate surface area is 121 Å². The van der Waals surface area contributed by atoms with E-state index in [1.807, 2.05) is 19.3 Å². The van der Waals surface area contributed by atoms with E-state index >= 15 is 0 Å². The fourth-order valence-electron chi connectivity index (χ4n) is 2.89. The normalized spacial score (nSPS) is 24.6. The number of nitrogens with one attached hydrogen (secondary N) is 1. The van der Waals surface area contributed by atoms with E-state index in [0.29, 0.717) is 25.2 Å². The minimum atomic E-state index is -0.489. The Morgan fingerprint density at radius 3 is 3.00 bits per heavy atom. The molecule has 5 heteroatoms. The lowest BCUT2D eigenvalue weighted by molar-refractivity contribution is -0.0473. The number of anilines is 1. The molecule has 1 heterocycles. The number of hydrogen-bond donors (Lipinski definition) is 2. The van der Waals surface area contributed by atoms with Crippen LogP contribution < -0.4 is 5.32 Å². The average molecular weight is 281 g/mol. The number of rotatable bonds is 7. The Bertz CT molecular complexity index is 394. The molecule has 0 radical (unpaired) electrons. The summed E-state index contributed by atoms with van der Waals surface area (Å²) in [5.74, 6) is 1.45. The third kappa shape index (κ3) is 4.49. The van der Waals surface area contributed by atoms with E-state index in [1.165, 1.54) is 25.7 Å². The maximum atomic E-state index is 9.98. The zero-order chi connectivity index (χ0) is 14.4. The van der Waals surface area contributed by atoms with Crippen LogP contribution in [0.4, 0.5) is 5.82 Å². The van der Waals surface area contributed by atoms with Crippen LogP contribution in [0.5, 0.6) is 0 Å². The first kappa shape index (κ1) is 15.3. The van der Waals surface area contributed by atoms with Crippen molar-refractivity contribution in [3.05, 3.63) is 12.3 Å². The molecular weight excluding hydrogens is 254 g/mol. The van der Waals surface area contributed by atoms with Crippen molar-refractivity contribution in [3.8, 4) is 0 Å². The highest BCUT2D eigenvalue weighted by Crippen LogP contribution is 2.29. The van der Waals surface area contributed by atoms with Gasteiger partial charge in [-0.2, -0.15) is 5.10 Å². The van der Waals surface area contributed by atoms with E-state index in [0.717, 1.165) is 12.2 Å². The van der Waals surface area contributed by atoms with Crippen molar-refractivity contribution < 1.29 is 9.84 Å². The van der Waals surface area contributed by atoms with Crippen LogP contribution in [0, 0.1) is 5.92 Å². The van der Waals surface area contributed by atoms with Gasteiger partial charge in [-0.15, -0.1) is 0 Å². The molecule has 1 saturated carbocycles. The van der Waals surface area contributed by atoms with Crippen LogP contribution in [0.3, 0.4) is 0 Å². The third-order valence-corrected chi connectivity index (χ3v) is 4.10. The summed E-state index contributed by atoms with van der Waals surface area (Å²) in [6.45, 7) is 3.10. The van der Waals surface area contributed by atoms with Crippen LogP contribution in [0.1, 0.15) is 39.0 Å². The summed E-state index contributed by atoms with van der Waals surface area (Å²) in [7, 11) is 1.87. The summed E-state index contributed by atoms with van der Waals surface area (Å²) in [5.41, 5.74) is 0. The number of aliphatic hydroxyl groups is 1. The summed E-state index contributed by atoms with van der Waals surface area (Å²) in [6, 6.07) is 1.89. The quantitative estimate of drug-likeness (QED) is 0.804. The molecule has 0 spiro atoms. The van der Waals surface area contributed by atoms with Gasteiger partial charge in [0.2, 0.25) is 0 Å². The third-order valence-electron chi connectivity index (χ3n) is 4.10. The van der Waals surface area contributed by atoms with Crippen molar-refractivity contribution in [3.63, 3.8) is 0 Å². The molecule has 0 amide bonds. The van der Waals surface area contributed by atoms with Crippen molar-refractivity contribution >= 4 is 5.82 Å². The summed E-state index contributed by atoms with van der Waals surface area (Å²) < 4.78 is 7.66. The Balaban J connectivity index is 1.67. The van der Waals surface area contributed by atoms with E-state index in [1.54, 1.807) is 4.68 Å². The Morgan fingerprint density at radius 1 is 1.50 bits per heavy atom. The fourth-order valence-corrected chi connectivity index (χ4v) is 2.89. The topological polar surface area (TPSA) is 59.3 Å². The second-order valence-corrected chi connectivity index (χ2v) is 5.73. The van der Waals surface area contributed by atoms with Crippen molar-refractivity contribution in [2.45, 2.75) is 51.2 Å². The molecule has 114 valence electrons. The molecule has 3 atom stereocenters. The highest BCUT2D eigenvalue weighted by atomic mass is 16.5. The number of aryl methyl sites for hydroxylation is 1. The first-order valence-corrected chi connectivity index (χ1v) is 7.72. The lowest BCUT2D eigenvalue weighted by Crippen LogP contribution is -2.33. The van der Waals surface area contributed by atoms with Gasteiger partial charge in [0, 0.05) is 25.9 Å². The SMILES string of the molecule is CCC1CCCCC1OCC(O)CNc1ccn(C)n1. The number of hydrogen-bond acceptors (Lipinski definition) is 4. The van der Waals surface area contributed by atoms with E-state index in [4.69, 9.17) is 4.74 Å². The van der Waals surface area contributed by atoms with Crippen LogP contribution in [0.15, 0.2) is 12.3 Å². The van der Waals surface area contributed by atoms with Crippen LogP contribution in [-0.4, -0.2) is 40.2 Å². The molecule has 0 aromatic carbocycles. The summed E-state index contributed by atoms with van der Waals surface area (Å²) in [5, 5.41) is 17.3. The maximum Gasteiger partial charge on any atom is 0.148 e. The van der Waals surface area contributed by atoms with Gasteiger partial charge in [-0.05, 0) is 18.8 Å². The highest BCUT2D eigenvalue weighted by Gasteiger charge is 2.24. The Hall–Kier alpha value is -1.07. The average Bonchev–Trinajstić information content (AvgIpc) is 2.89. The summed E-state index contributed by atoms with van der Waals surface area (Å²) in [6.07, 6.45) is 7.87. The zero-order valence-electron chi connectivity index (χ0n) is 12.6. The van der Waals surface area contributed by atoms with Gasteiger partial charge in [0.15, 0.2) is 0 Å². The second kappa shape index (κ2) is 7.64. The van der Waals surface area contributed by atoms with Gasteiger partial charge < -0.3 is 15.2 Å². The van der Waals surface area contributed by atoms with Crippen molar-refractivity contribution in [1.82, 2.24) is 9.78 Å². The summed E-state index contributed by atoms with van der Waals surface area (Å²) in [4.78, 5) is 0. The van der Waals surface area contributed by atoms with Gasteiger partial charge in [-0.3, -0.25) is 4.68 Å². The predicted molar refractivity (Wildman–Crippen MR) is 79.7 cm³/mol. The van der Waals surface area contributed by atoms with Gasteiger partial charge in [0.05, 0.1) is 18.8 Å². The smallest absolute Gasteiger partial charge is 0.148 e. The van der Waals surface area contributed by atoms with Gasteiger partial charge in [-0.1, -0.05) is 26.2 Å². The molecule has 5 nitrogen and oxygen atoms in total. The number of ether oxygens (including phenoxy) is 1. The number of aliphatic hydroxyl groups excluding tert-OH is 1. The van der Waals surface area contributed by atoms with Crippen LogP contribution in [-0.2, 0) is 11.8 Å². The van der Waals surface area contributed by atoms with Crippen LogP contribution >= 0.6 is 0 Å². The van der Waals surface area contributed by atoms with Crippen LogP contribution in [0.25, 0.3) is 0 Å². The Kier molecular flexibility index (Phi) is 5.86. The lowest BCUT2D eigenvalue weighted by atomic mass is 9.85. The molecular formula is C15H27N3O2. The predicted octanol–water partition coefficient (Wildman–Crippen LogP) is 2.18. The standard InChI is InChI=1S/C15H27N3O2/c1-3-12-6-4-5-7-14(12)20-11-13(19)10-16-15-8-9-18(2)17-15/h8-9,12-14,19H,3-7,10-11H2,1-2H3,(H,16,17). The Morgan fingerprint density at radius 2 is 2.30 bits per heavy atom. The highest BCUT2D eigenvalue weighted by molar-refractivity contribution is 5.31. The van der Waals surface area contributed by atoms with E-state index in [9.17, 15) is 5.11 Å². The summed E-state index contributed by atoms with van der Waals surface area (Å²) >= 11 is 0. The van der Waals surface area contributed by atoms with Gasteiger partial charge in [-0.25, -0.2) is 0 Å². The molecule has 1 fully saturated rings. The van der Waals surface area contributed by atoms with E-state index < -0.39 is 6.10 Å². The van der Waals surface area contributed by atoms with Gasteiger partial charge in [0.1, 0.15) is 5.82 Å². The number of aromatic nitrogens is 2. The monoisotopic (exact) mass is 281 g/mol. The van der Waals surface area contributed by atoms with E-state index in [-0.39, 0.29) is 0 Å². The first-order chi connectivity index (χ1) is 9.69. The molecule has 20 heavy (non-hydrogen) atoms. The minimum absolute atomic E-state index is 0.332. The molecule has 2 N–H and O–H groups in total. The van der Waals surface area contributed by atoms with Crippen molar-refractivity contribution in [1.29, 1.82) is 0 Å².